The van der Waals surface area contributed by atoms with Crippen molar-refractivity contribution in [1.82, 2.24) is 4.72 Å². The summed E-state index contributed by atoms with van der Waals surface area (Å²) >= 11 is 0. The quantitative estimate of drug-likeness (QED) is 0.797. The van der Waals surface area contributed by atoms with Crippen molar-refractivity contribution >= 4 is 15.7 Å². The van der Waals surface area contributed by atoms with E-state index in [1.165, 1.54) is 12.1 Å². The predicted molar refractivity (Wildman–Crippen MR) is 67.5 cm³/mol. The second-order valence-corrected chi connectivity index (χ2v) is 6.62. The highest BCUT2D eigenvalue weighted by Crippen LogP contribution is 2.35. The molecule has 2 fully saturated rings. The molecule has 0 saturated carbocycles. The average molecular weight is 268 g/mol. The van der Waals surface area contributed by atoms with Crippen LogP contribution >= 0.6 is 0 Å². The topological polar surface area (TPSA) is 81.4 Å². The summed E-state index contributed by atoms with van der Waals surface area (Å²) in [5.41, 5.74) is 6.10. The van der Waals surface area contributed by atoms with Crippen LogP contribution in [-0.2, 0) is 14.8 Å². The van der Waals surface area contributed by atoms with Gasteiger partial charge < -0.3 is 10.5 Å². The van der Waals surface area contributed by atoms with Gasteiger partial charge in [0.05, 0.1) is 23.1 Å². The van der Waals surface area contributed by atoms with Gasteiger partial charge in [-0.05, 0) is 43.5 Å². The minimum Gasteiger partial charge on any atom is -0.399 e. The Labute approximate surface area is 106 Å². The number of rotatable bonds is 3. The molecule has 2 bridgehead atoms. The fourth-order valence-electron chi connectivity index (χ4n) is 2.68. The number of nitrogens with one attached hydrogen (secondary N) is 1. The van der Waals surface area contributed by atoms with E-state index in [0.717, 1.165) is 19.3 Å². The Bertz CT molecular complexity index is 541. The maximum Gasteiger partial charge on any atom is 0.240 e. The lowest BCUT2D eigenvalue weighted by Crippen LogP contribution is -2.41. The van der Waals surface area contributed by atoms with Crippen LogP contribution in [0.2, 0.25) is 0 Å². The third-order valence-electron chi connectivity index (χ3n) is 3.60. The number of fused-ring (bicyclic) bond motifs is 2. The van der Waals surface area contributed by atoms with Crippen LogP contribution in [0.4, 0.5) is 5.69 Å². The summed E-state index contributed by atoms with van der Waals surface area (Å²) in [6.45, 7) is 0. The van der Waals surface area contributed by atoms with Crippen LogP contribution in [0.3, 0.4) is 0 Å². The Morgan fingerprint density at radius 1 is 1.22 bits per heavy atom. The zero-order valence-electron chi connectivity index (χ0n) is 9.87. The van der Waals surface area contributed by atoms with E-state index in [9.17, 15) is 8.42 Å². The maximum atomic E-state index is 12.2. The second kappa shape index (κ2) is 4.22. The van der Waals surface area contributed by atoms with Crippen LogP contribution in [0.5, 0.6) is 0 Å². The molecule has 2 aliphatic heterocycles. The first kappa shape index (κ1) is 12.0. The van der Waals surface area contributed by atoms with Crippen LogP contribution in [0, 0.1) is 0 Å². The summed E-state index contributed by atoms with van der Waals surface area (Å²) in [4.78, 5) is 0.250. The standard InChI is InChI=1S/C12H16N2O3S/c13-8-1-4-10(5-2-8)18(15,16)14-11-7-9-3-6-12(11)17-9/h1-2,4-5,9,11-12,14H,3,6-7,13H2. The van der Waals surface area contributed by atoms with Crippen LogP contribution in [0.1, 0.15) is 19.3 Å². The molecule has 5 nitrogen and oxygen atoms in total. The Morgan fingerprint density at radius 2 is 1.94 bits per heavy atom. The lowest BCUT2D eigenvalue weighted by Gasteiger charge is -2.19. The molecule has 2 heterocycles. The number of hydrogen-bond donors (Lipinski definition) is 2. The molecule has 0 aromatic heterocycles. The first-order valence-corrected chi connectivity index (χ1v) is 7.56. The van der Waals surface area contributed by atoms with E-state index in [1.807, 2.05) is 0 Å². The van der Waals surface area contributed by atoms with Gasteiger partial charge in [-0.25, -0.2) is 13.1 Å². The lowest BCUT2D eigenvalue weighted by atomic mass is 9.96. The minimum atomic E-state index is -3.47. The zero-order chi connectivity index (χ0) is 12.8. The Balaban J connectivity index is 1.77. The van der Waals surface area contributed by atoms with E-state index in [0.29, 0.717) is 5.69 Å². The molecule has 2 aliphatic rings. The van der Waals surface area contributed by atoms with Crippen molar-refractivity contribution < 1.29 is 13.2 Å². The molecule has 98 valence electrons. The summed E-state index contributed by atoms with van der Waals surface area (Å²) in [7, 11) is -3.47. The summed E-state index contributed by atoms with van der Waals surface area (Å²) in [6.07, 6.45) is 3.04. The molecule has 3 atom stereocenters. The molecule has 3 rings (SSSR count). The number of nitrogens with two attached hydrogens (primary N) is 1. The second-order valence-electron chi connectivity index (χ2n) is 4.91. The third-order valence-corrected chi connectivity index (χ3v) is 5.11. The molecule has 0 aliphatic carbocycles. The van der Waals surface area contributed by atoms with Gasteiger partial charge in [0.1, 0.15) is 0 Å². The van der Waals surface area contributed by atoms with E-state index < -0.39 is 10.0 Å². The van der Waals surface area contributed by atoms with Gasteiger partial charge in [0.2, 0.25) is 10.0 Å². The van der Waals surface area contributed by atoms with Gasteiger partial charge in [0.25, 0.3) is 0 Å². The highest BCUT2D eigenvalue weighted by atomic mass is 32.2. The monoisotopic (exact) mass is 268 g/mol. The minimum absolute atomic E-state index is 0.0403. The van der Waals surface area contributed by atoms with Crippen molar-refractivity contribution in [2.45, 2.75) is 42.4 Å². The van der Waals surface area contributed by atoms with Crippen LogP contribution in [0.25, 0.3) is 0 Å². The Morgan fingerprint density at radius 3 is 2.50 bits per heavy atom. The summed E-state index contributed by atoms with van der Waals surface area (Å²) in [5.74, 6) is 0. The number of sulfonamides is 1. The Kier molecular flexibility index (Phi) is 2.80. The average Bonchev–Trinajstić information content (AvgIpc) is 2.91. The first-order valence-electron chi connectivity index (χ1n) is 6.08. The molecule has 2 saturated heterocycles. The van der Waals surface area contributed by atoms with Gasteiger partial charge in [-0.15, -0.1) is 0 Å². The van der Waals surface area contributed by atoms with Crippen molar-refractivity contribution in [1.29, 1.82) is 0 Å². The molecule has 0 radical (unpaired) electrons. The summed E-state index contributed by atoms with van der Waals surface area (Å²) in [6, 6.07) is 6.13. The summed E-state index contributed by atoms with van der Waals surface area (Å²) < 4.78 is 32.7. The van der Waals surface area contributed by atoms with E-state index in [2.05, 4.69) is 4.72 Å². The smallest absolute Gasteiger partial charge is 0.240 e. The van der Waals surface area contributed by atoms with Gasteiger partial charge in [-0.3, -0.25) is 0 Å². The fraction of sp³-hybridized carbons (Fsp3) is 0.500. The van der Waals surface area contributed by atoms with Crippen molar-refractivity contribution in [2.24, 2.45) is 0 Å². The van der Waals surface area contributed by atoms with Gasteiger partial charge in [-0.1, -0.05) is 0 Å². The molecule has 1 aromatic carbocycles. The SMILES string of the molecule is Nc1ccc(S(=O)(=O)NC2CC3CCC2O3)cc1. The number of hydrogen-bond acceptors (Lipinski definition) is 4. The number of anilines is 1. The molecule has 6 heteroatoms. The maximum absolute atomic E-state index is 12.2. The lowest BCUT2D eigenvalue weighted by molar-refractivity contribution is 0.0996. The van der Waals surface area contributed by atoms with Gasteiger partial charge >= 0.3 is 0 Å². The highest BCUT2D eigenvalue weighted by molar-refractivity contribution is 7.89. The fourth-order valence-corrected chi connectivity index (χ4v) is 3.95. The molecule has 0 amide bonds. The van der Waals surface area contributed by atoms with Gasteiger partial charge in [0, 0.05) is 5.69 Å². The normalized spacial score (nSPS) is 30.8. The molecule has 18 heavy (non-hydrogen) atoms. The van der Waals surface area contributed by atoms with Crippen molar-refractivity contribution in [3.05, 3.63) is 24.3 Å². The van der Waals surface area contributed by atoms with E-state index in [1.54, 1.807) is 12.1 Å². The Hall–Kier alpha value is -1.11. The van der Waals surface area contributed by atoms with E-state index in [-0.39, 0.29) is 23.1 Å². The van der Waals surface area contributed by atoms with E-state index in [4.69, 9.17) is 10.5 Å². The van der Waals surface area contributed by atoms with Crippen LogP contribution in [-0.4, -0.2) is 26.7 Å². The third kappa shape index (κ3) is 2.11. The molecule has 3 N–H and O–H groups in total. The molecule has 0 spiro atoms. The van der Waals surface area contributed by atoms with Gasteiger partial charge in [0.15, 0.2) is 0 Å². The molecule has 3 unspecified atom stereocenters. The van der Waals surface area contributed by atoms with E-state index >= 15 is 0 Å². The number of benzene rings is 1. The van der Waals surface area contributed by atoms with Crippen molar-refractivity contribution in [2.75, 3.05) is 5.73 Å². The number of ether oxygens (including phenoxy) is 1. The van der Waals surface area contributed by atoms with Crippen LogP contribution in [0.15, 0.2) is 29.2 Å². The zero-order valence-corrected chi connectivity index (χ0v) is 10.7. The number of nitrogen functional groups attached to an aromatic ring is 1. The van der Waals surface area contributed by atoms with Gasteiger partial charge in [-0.2, -0.15) is 0 Å². The van der Waals surface area contributed by atoms with Crippen molar-refractivity contribution in [3.8, 4) is 0 Å². The predicted octanol–water partition coefficient (Wildman–Crippen LogP) is 0.867. The first-order chi connectivity index (χ1) is 8.54. The largest absolute Gasteiger partial charge is 0.399 e. The van der Waals surface area contributed by atoms with Crippen LogP contribution < -0.4 is 10.5 Å². The molecular weight excluding hydrogens is 252 g/mol. The summed E-state index contributed by atoms with van der Waals surface area (Å²) in [5, 5.41) is 0. The van der Waals surface area contributed by atoms with Crippen molar-refractivity contribution in [3.63, 3.8) is 0 Å². The molecular formula is C12H16N2O3S. The molecule has 1 aromatic rings. The highest BCUT2D eigenvalue weighted by Gasteiger charge is 2.42.